The summed E-state index contributed by atoms with van der Waals surface area (Å²) in [6.07, 6.45) is 0. The Balaban J connectivity index is 2.00. The quantitative estimate of drug-likeness (QED) is 0.531. The molecule has 0 aromatic heterocycles. The zero-order valence-electron chi connectivity index (χ0n) is 4.46. The summed E-state index contributed by atoms with van der Waals surface area (Å²) in [7, 11) is 8.05. The molecule has 0 spiro atoms. The lowest BCUT2D eigenvalue weighted by Crippen LogP contribution is -1.86. The van der Waals surface area contributed by atoms with E-state index in [1.54, 1.807) is 0 Å². The van der Waals surface area contributed by atoms with Crippen molar-refractivity contribution < 1.29 is 0 Å². The highest BCUT2D eigenvalue weighted by atomic mass is 33.1. The molecule has 4 heteroatoms. The van der Waals surface area contributed by atoms with E-state index >= 15 is 0 Å². The lowest BCUT2D eigenvalue weighted by atomic mass is 11.0. The Morgan fingerprint density at radius 1 is 0.500 bits per heavy atom. The van der Waals surface area contributed by atoms with Crippen LogP contribution in [0, 0.1) is 0 Å². The molecule has 0 unspecified atom stereocenters. The first-order valence-electron chi connectivity index (χ1n) is 2.49. The first-order chi connectivity index (χ1) is 4.00. The Labute approximate surface area is 66.1 Å². The molecule has 1 aliphatic heterocycles. The first-order valence-corrected chi connectivity index (χ1v) is 7.46. The van der Waals surface area contributed by atoms with Gasteiger partial charge in [0.15, 0.2) is 0 Å². The molecule has 0 aromatic rings. The van der Waals surface area contributed by atoms with Crippen molar-refractivity contribution in [3.05, 3.63) is 0 Å². The SMILES string of the molecule is C1CSSCCSS1. The topological polar surface area (TPSA) is 0 Å². The maximum Gasteiger partial charge on any atom is 0.0136 e. The second-order valence-electron chi connectivity index (χ2n) is 1.29. The average molecular weight is 184 g/mol. The van der Waals surface area contributed by atoms with Gasteiger partial charge in [0.25, 0.3) is 0 Å². The van der Waals surface area contributed by atoms with Gasteiger partial charge in [-0.3, -0.25) is 0 Å². The van der Waals surface area contributed by atoms with Gasteiger partial charge in [-0.15, -0.1) is 0 Å². The van der Waals surface area contributed by atoms with Crippen molar-refractivity contribution in [2.24, 2.45) is 0 Å². The van der Waals surface area contributed by atoms with Crippen molar-refractivity contribution in [3.63, 3.8) is 0 Å². The van der Waals surface area contributed by atoms with Crippen LogP contribution in [0.3, 0.4) is 0 Å². The Morgan fingerprint density at radius 3 is 1.00 bits per heavy atom. The minimum Gasteiger partial charge on any atom is -0.0932 e. The number of rotatable bonds is 0. The van der Waals surface area contributed by atoms with Crippen LogP contribution >= 0.6 is 43.2 Å². The monoisotopic (exact) mass is 184 g/mol. The number of hydrogen-bond donors (Lipinski definition) is 0. The highest BCUT2D eigenvalue weighted by Gasteiger charge is 1.97. The molecule has 48 valence electrons. The van der Waals surface area contributed by atoms with Crippen LogP contribution in [0.1, 0.15) is 0 Å². The largest absolute Gasteiger partial charge is 0.0932 e. The summed E-state index contributed by atoms with van der Waals surface area (Å²) in [5.41, 5.74) is 0. The predicted octanol–water partition coefficient (Wildman–Crippen LogP) is 2.76. The first kappa shape index (κ1) is 7.51. The fourth-order valence-electron chi connectivity index (χ4n) is 0.372. The summed E-state index contributed by atoms with van der Waals surface area (Å²) in [4.78, 5) is 0. The van der Waals surface area contributed by atoms with Crippen LogP contribution in [0.2, 0.25) is 0 Å². The lowest BCUT2D eigenvalue weighted by molar-refractivity contribution is 1.55. The molecular formula is C4H8S4. The van der Waals surface area contributed by atoms with Gasteiger partial charge in [0.1, 0.15) is 0 Å². The standard InChI is InChI=1S/C4H8S4/c1-2-6-8-4-3-7-5-1/h1-4H2. The zero-order chi connectivity index (χ0) is 5.66. The van der Waals surface area contributed by atoms with Crippen LogP contribution in [0.4, 0.5) is 0 Å². The molecule has 0 N–H and O–H groups in total. The molecule has 0 aromatic carbocycles. The Morgan fingerprint density at radius 2 is 0.750 bits per heavy atom. The molecule has 1 fully saturated rings. The predicted molar refractivity (Wildman–Crippen MR) is 49.8 cm³/mol. The van der Waals surface area contributed by atoms with Gasteiger partial charge in [-0.05, 0) is 0 Å². The van der Waals surface area contributed by atoms with Crippen LogP contribution in [0.15, 0.2) is 0 Å². The highest BCUT2D eigenvalue weighted by Crippen LogP contribution is 2.31. The maximum absolute atomic E-state index is 2.01. The van der Waals surface area contributed by atoms with Crippen molar-refractivity contribution in [3.8, 4) is 0 Å². The van der Waals surface area contributed by atoms with Gasteiger partial charge in [0.05, 0.1) is 0 Å². The van der Waals surface area contributed by atoms with E-state index in [1.807, 2.05) is 43.2 Å². The molecule has 1 rings (SSSR count). The van der Waals surface area contributed by atoms with Gasteiger partial charge in [0.2, 0.25) is 0 Å². The third-order valence-electron chi connectivity index (χ3n) is 0.667. The summed E-state index contributed by atoms with van der Waals surface area (Å²) in [6.45, 7) is 0. The summed E-state index contributed by atoms with van der Waals surface area (Å²) in [5, 5.41) is 0. The van der Waals surface area contributed by atoms with E-state index in [9.17, 15) is 0 Å². The molecule has 0 atom stereocenters. The number of hydrogen-bond acceptors (Lipinski definition) is 4. The van der Waals surface area contributed by atoms with Gasteiger partial charge >= 0.3 is 0 Å². The molecule has 0 amide bonds. The molecule has 0 aliphatic carbocycles. The molecule has 0 radical (unpaired) electrons. The summed E-state index contributed by atoms with van der Waals surface area (Å²) >= 11 is 0. The molecule has 1 aliphatic rings. The fraction of sp³-hybridized carbons (Fsp3) is 1.00. The smallest absolute Gasteiger partial charge is 0.0136 e. The van der Waals surface area contributed by atoms with Crippen LogP contribution in [0.5, 0.6) is 0 Å². The van der Waals surface area contributed by atoms with Crippen molar-refractivity contribution in [1.82, 2.24) is 0 Å². The third kappa shape index (κ3) is 3.43. The zero-order valence-corrected chi connectivity index (χ0v) is 7.73. The van der Waals surface area contributed by atoms with E-state index in [0.29, 0.717) is 0 Å². The molecule has 1 saturated heterocycles. The van der Waals surface area contributed by atoms with Gasteiger partial charge in [0, 0.05) is 23.0 Å². The summed E-state index contributed by atoms with van der Waals surface area (Å²) in [6, 6.07) is 0. The van der Waals surface area contributed by atoms with Crippen LogP contribution in [0.25, 0.3) is 0 Å². The minimum absolute atomic E-state index is 1.32. The third-order valence-corrected chi connectivity index (χ3v) is 6.00. The van der Waals surface area contributed by atoms with Gasteiger partial charge in [-0.1, -0.05) is 43.2 Å². The molecule has 1 heterocycles. The van der Waals surface area contributed by atoms with E-state index in [4.69, 9.17) is 0 Å². The van der Waals surface area contributed by atoms with Gasteiger partial charge < -0.3 is 0 Å². The second kappa shape index (κ2) is 5.21. The lowest BCUT2D eigenvalue weighted by Gasteiger charge is -2.04. The van der Waals surface area contributed by atoms with Crippen molar-refractivity contribution in [2.75, 3.05) is 23.0 Å². The molecular weight excluding hydrogens is 176 g/mol. The summed E-state index contributed by atoms with van der Waals surface area (Å²) < 4.78 is 0. The van der Waals surface area contributed by atoms with Gasteiger partial charge in [-0.25, -0.2) is 0 Å². The molecule has 0 nitrogen and oxygen atoms in total. The van der Waals surface area contributed by atoms with Crippen molar-refractivity contribution in [1.29, 1.82) is 0 Å². The molecule has 8 heavy (non-hydrogen) atoms. The van der Waals surface area contributed by atoms with E-state index in [2.05, 4.69) is 0 Å². The van der Waals surface area contributed by atoms with Crippen molar-refractivity contribution >= 4 is 43.2 Å². The van der Waals surface area contributed by atoms with Crippen LogP contribution < -0.4 is 0 Å². The normalized spacial score (nSPS) is 24.0. The Kier molecular flexibility index (Phi) is 4.88. The summed E-state index contributed by atoms with van der Waals surface area (Å²) in [5.74, 6) is 5.29. The van der Waals surface area contributed by atoms with Crippen molar-refractivity contribution in [2.45, 2.75) is 0 Å². The molecule has 0 saturated carbocycles. The molecule has 0 bridgehead atoms. The Hall–Kier alpha value is 1.40. The Bertz CT molecular complexity index is 32.0. The maximum atomic E-state index is 2.01. The van der Waals surface area contributed by atoms with Gasteiger partial charge in [-0.2, -0.15) is 0 Å². The van der Waals surface area contributed by atoms with Crippen LogP contribution in [-0.4, -0.2) is 23.0 Å². The van der Waals surface area contributed by atoms with E-state index < -0.39 is 0 Å². The average Bonchev–Trinajstić information content (AvgIpc) is 1.62. The van der Waals surface area contributed by atoms with E-state index in [0.717, 1.165) is 0 Å². The minimum atomic E-state index is 1.32. The van der Waals surface area contributed by atoms with E-state index in [1.165, 1.54) is 23.0 Å². The fourth-order valence-corrected chi connectivity index (χ4v) is 5.80. The highest BCUT2D eigenvalue weighted by molar-refractivity contribution is 8.79. The second-order valence-corrected chi connectivity index (χ2v) is 6.69. The van der Waals surface area contributed by atoms with E-state index in [-0.39, 0.29) is 0 Å². The van der Waals surface area contributed by atoms with Crippen LogP contribution in [-0.2, 0) is 0 Å².